The van der Waals surface area contributed by atoms with E-state index in [4.69, 9.17) is 9.72 Å². The third kappa shape index (κ3) is 4.98. The summed E-state index contributed by atoms with van der Waals surface area (Å²) in [6, 6.07) is 17.5. The van der Waals surface area contributed by atoms with Gasteiger partial charge in [-0.3, -0.25) is 4.79 Å². The summed E-state index contributed by atoms with van der Waals surface area (Å²) >= 11 is 0. The summed E-state index contributed by atoms with van der Waals surface area (Å²) < 4.78 is 20.6. The van der Waals surface area contributed by atoms with Gasteiger partial charge < -0.3 is 19.1 Å². The Balaban J connectivity index is 1.36. The van der Waals surface area contributed by atoms with E-state index in [2.05, 4.69) is 15.1 Å². The largest absolute Gasteiger partial charge is 0.497 e. The Morgan fingerprint density at radius 1 is 1.00 bits per heavy atom. The van der Waals surface area contributed by atoms with Crippen LogP contribution in [-0.2, 0) is 11.2 Å². The molecule has 0 bridgehead atoms. The summed E-state index contributed by atoms with van der Waals surface area (Å²) in [4.78, 5) is 22.0. The van der Waals surface area contributed by atoms with Gasteiger partial charge in [-0.15, -0.1) is 5.10 Å². The topological polar surface area (TPSA) is 76.4 Å². The number of rotatable bonds is 6. The van der Waals surface area contributed by atoms with E-state index in [1.165, 1.54) is 12.1 Å². The molecule has 5 rings (SSSR count). The normalized spacial score (nSPS) is 13.7. The number of anilines is 1. The molecular weight excluding hydrogens is 447 g/mol. The first-order chi connectivity index (χ1) is 17.1. The lowest BCUT2D eigenvalue weighted by Crippen LogP contribution is -2.49. The van der Waals surface area contributed by atoms with Crippen molar-refractivity contribution in [2.24, 2.45) is 0 Å². The molecule has 8 nitrogen and oxygen atoms in total. The lowest BCUT2D eigenvalue weighted by molar-refractivity contribution is -0.130. The van der Waals surface area contributed by atoms with Gasteiger partial charge in [0.15, 0.2) is 5.82 Å². The van der Waals surface area contributed by atoms with E-state index in [1.54, 1.807) is 25.4 Å². The van der Waals surface area contributed by atoms with Crippen LogP contribution in [0.4, 0.5) is 10.2 Å². The van der Waals surface area contributed by atoms with Gasteiger partial charge in [0, 0.05) is 49.8 Å². The minimum Gasteiger partial charge on any atom is -0.497 e. The maximum absolute atomic E-state index is 13.5. The van der Waals surface area contributed by atoms with Crippen LogP contribution in [0.1, 0.15) is 5.82 Å². The fourth-order valence-electron chi connectivity index (χ4n) is 4.16. The number of methoxy groups -OCH3 is 1. The summed E-state index contributed by atoms with van der Waals surface area (Å²) in [7, 11) is 1.62. The second-order valence-corrected chi connectivity index (χ2v) is 8.24. The van der Waals surface area contributed by atoms with Gasteiger partial charge in [0.2, 0.25) is 5.91 Å². The number of halogens is 1. The average Bonchev–Trinajstić information content (AvgIpc) is 3.33. The fraction of sp³-hybridized carbons (Fsp3) is 0.231. The number of ether oxygens (including phenoxy) is 1. The molecule has 178 valence electrons. The molecule has 2 aromatic carbocycles. The predicted octanol–water partition coefficient (Wildman–Crippen LogP) is 3.37. The molecule has 0 atom stereocenters. The number of nitrogens with zero attached hydrogens (tertiary/aromatic N) is 6. The molecule has 1 amide bonds. The molecule has 4 aromatic rings. The van der Waals surface area contributed by atoms with Crippen LogP contribution in [0.5, 0.6) is 5.75 Å². The highest BCUT2D eigenvalue weighted by Crippen LogP contribution is 2.25. The monoisotopic (exact) mass is 472 g/mol. The number of hydrogen-bond donors (Lipinski definition) is 0. The highest BCUT2D eigenvalue weighted by molar-refractivity contribution is 5.79. The molecule has 1 fully saturated rings. The number of carbonyl (C=O) groups is 1. The van der Waals surface area contributed by atoms with E-state index in [0.29, 0.717) is 32.0 Å². The van der Waals surface area contributed by atoms with Crippen LogP contribution in [0, 0.1) is 5.82 Å². The van der Waals surface area contributed by atoms with Gasteiger partial charge in [-0.25, -0.2) is 9.37 Å². The van der Waals surface area contributed by atoms with Crippen molar-refractivity contribution in [2.45, 2.75) is 6.42 Å². The molecule has 0 aliphatic carbocycles. The Morgan fingerprint density at radius 3 is 2.40 bits per heavy atom. The zero-order valence-corrected chi connectivity index (χ0v) is 19.3. The molecular formula is C26H25FN6O2. The third-order valence-electron chi connectivity index (χ3n) is 6.09. The van der Waals surface area contributed by atoms with Gasteiger partial charge in [-0.1, -0.05) is 0 Å². The van der Waals surface area contributed by atoms with Gasteiger partial charge in [0.1, 0.15) is 17.4 Å². The van der Waals surface area contributed by atoms with Crippen LogP contribution < -0.4 is 9.64 Å². The SMILES string of the molecule is COc1ccc(-c2cn(-c3ccc(F)cc3)c(CC(=O)N3CCN(c4cccnn4)CC3)n2)cc1. The molecule has 9 heteroatoms. The first-order valence-electron chi connectivity index (χ1n) is 11.4. The maximum Gasteiger partial charge on any atom is 0.230 e. The molecule has 1 saturated heterocycles. The molecule has 35 heavy (non-hydrogen) atoms. The number of piperazine rings is 1. The Labute approximate surface area is 202 Å². The third-order valence-corrected chi connectivity index (χ3v) is 6.09. The summed E-state index contributed by atoms with van der Waals surface area (Å²) in [5, 5.41) is 8.10. The number of amides is 1. The minimum atomic E-state index is -0.317. The quantitative estimate of drug-likeness (QED) is 0.428. The molecule has 0 radical (unpaired) electrons. The van der Waals surface area contributed by atoms with Crippen molar-refractivity contribution in [1.82, 2.24) is 24.6 Å². The van der Waals surface area contributed by atoms with Crippen LogP contribution in [0.15, 0.2) is 73.1 Å². The lowest BCUT2D eigenvalue weighted by Gasteiger charge is -2.35. The van der Waals surface area contributed by atoms with E-state index in [0.717, 1.165) is 28.5 Å². The minimum absolute atomic E-state index is 0.000890. The second-order valence-electron chi connectivity index (χ2n) is 8.24. The van der Waals surface area contributed by atoms with Gasteiger partial charge in [0.05, 0.1) is 19.2 Å². The van der Waals surface area contributed by atoms with Crippen LogP contribution in [0.3, 0.4) is 0 Å². The van der Waals surface area contributed by atoms with E-state index in [9.17, 15) is 9.18 Å². The van der Waals surface area contributed by atoms with Gasteiger partial charge in [-0.2, -0.15) is 5.10 Å². The van der Waals surface area contributed by atoms with Crippen molar-refractivity contribution in [2.75, 3.05) is 38.2 Å². The lowest BCUT2D eigenvalue weighted by atomic mass is 10.1. The predicted molar refractivity (Wildman–Crippen MR) is 130 cm³/mol. The van der Waals surface area contributed by atoms with Gasteiger partial charge in [0.25, 0.3) is 0 Å². The number of benzene rings is 2. The molecule has 1 aliphatic heterocycles. The number of hydrogen-bond acceptors (Lipinski definition) is 6. The first-order valence-corrected chi connectivity index (χ1v) is 11.4. The van der Waals surface area contributed by atoms with E-state index in [1.807, 2.05) is 52.1 Å². The first kappa shape index (κ1) is 22.5. The molecule has 1 aliphatic rings. The number of carbonyl (C=O) groups excluding carboxylic acids is 1. The highest BCUT2D eigenvalue weighted by Gasteiger charge is 2.24. The summed E-state index contributed by atoms with van der Waals surface area (Å²) in [6.07, 6.45) is 3.66. The van der Waals surface area contributed by atoms with Crippen molar-refractivity contribution in [1.29, 1.82) is 0 Å². The van der Waals surface area contributed by atoms with Crippen molar-refractivity contribution < 1.29 is 13.9 Å². The standard InChI is InChI=1S/C26H25FN6O2/c1-35-22-10-4-19(5-11-22)23-18-33(21-8-6-20(27)7-9-21)25(29-23)17-26(34)32-15-13-31(14-16-32)24-3-2-12-28-30-24/h2-12,18H,13-17H2,1H3. The van der Waals surface area contributed by atoms with Crippen molar-refractivity contribution in [3.63, 3.8) is 0 Å². The zero-order valence-electron chi connectivity index (χ0n) is 19.3. The second kappa shape index (κ2) is 9.92. The summed E-state index contributed by atoms with van der Waals surface area (Å²) in [5.74, 6) is 1.85. The Kier molecular flexibility index (Phi) is 6.38. The Morgan fingerprint density at radius 2 is 1.74 bits per heavy atom. The van der Waals surface area contributed by atoms with E-state index in [-0.39, 0.29) is 18.1 Å². The maximum atomic E-state index is 13.5. The van der Waals surface area contributed by atoms with Crippen LogP contribution in [0.25, 0.3) is 16.9 Å². The smallest absolute Gasteiger partial charge is 0.230 e. The highest BCUT2D eigenvalue weighted by atomic mass is 19.1. The molecule has 0 spiro atoms. The fourth-order valence-corrected chi connectivity index (χ4v) is 4.16. The van der Waals surface area contributed by atoms with Crippen molar-refractivity contribution in [3.8, 4) is 22.7 Å². The van der Waals surface area contributed by atoms with Crippen LogP contribution in [-0.4, -0.2) is 63.8 Å². The average molecular weight is 473 g/mol. The van der Waals surface area contributed by atoms with Crippen LogP contribution >= 0.6 is 0 Å². The molecule has 0 saturated carbocycles. The van der Waals surface area contributed by atoms with Crippen LogP contribution in [0.2, 0.25) is 0 Å². The molecule has 3 heterocycles. The Hall–Kier alpha value is -4.27. The van der Waals surface area contributed by atoms with E-state index < -0.39 is 0 Å². The van der Waals surface area contributed by atoms with E-state index >= 15 is 0 Å². The summed E-state index contributed by atoms with van der Waals surface area (Å²) in [6.45, 7) is 2.57. The molecule has 0 unspecified atom stereocenters. The van der Waals surface area contributed by atoms with Gasteiger partial charge >= 0.3 is 0 Å². The summed E-state index contributed by atoms with van der Waals surface area (Å²) in [5.41, 5.74) is 2.37. The number of imidazole rings is 1. The van der Waals surface area contributed by atoms with Crippen molar-refractivity contribution >= 4 is 11.7 Å². The molecule has 2 aromatic heterocycles. The van der Waals surface area contributed by atoms with Gasteiger partial charge in [-0.05, 0) is 60.7 Å². The Bertz CT molecular complexity index is 1280. The zero-order chi connectivity index (χ0) is 24.2. The molecule has 0 N–H and O–H groups in total. The number of aromatic nitrogens is 4. The van der Waals surface area contributed by atoms with Crippen molar-refractivity contribution in [3.05, 3.63) is 84.7 Å².